The number of aliphatic hydroxyl groups is 1. The molecule has 0 bridgehead atoms. The largest absolute Gasteiger partial charge is 0.465 e. The van der Waals surface area contributed by atoms with Gasteiger partial charge in [-0.25, -0.2) is 4.79 Å². The second-order valence-corrected chi connectivity index (χ2v) is 2.58. The van der Waals surface area contributed by atoms with E-state index >= 15 is 0 Å². The molecule has 0 rings (SSSR count). The van der Waals surface area contributed by atoms with Crippen molar-refractivity contribution in [3.8, 4) is 0 Å². The van der Waals surface area contributed by atoms with Crippen molar-refractivity contribution in [3.63, 3.8) is 0 Å². The molecule has 0 fully saturated rings. The smallest absolute Gasteiger partial charge is 0.405 e. The molecular formula is C7H15NO3. The average Bonchev–Trinajstić information content (AvgIpc) is 2.00. The maximum atomic E-state index is 10.3. The van der Waals surface area contributed by atoms with Gasteiger partial charge >= 0.3 is 6.09 Å². The summed E-state index contributed by atoms with van der Waals surface area (Å²) in [7, 11) is 0. The lowest BCUT2D eigenvalue weighted by Crippen LogP contribution is -2.49. The first-order valence-corrected chi connectivity index (χ1v) is 3.72. The molecule has 4 heteroatoms. The van der Waals surface area contributed by atoms with Crippen molar-refractivity contribution < 1.29 is 15.0 Å². The topological polar surface area (TPSA) is 69.6 Å². The summed E-state index contributed by atoms with van der Waals surface area (Å²) in [6.45, 7) is 3.54. The van der Waals surface area contributed by atoms with Gasteiger partial charge in [-0.15, -0.1) is 0 Å². The van der Waals surface area contributed by atoms with Crippen LogP contribution in [0.3, 0.4) is 0 Å². The molecule has 0 atom stereocenters. The van der Waals surface area contributed by atoms with Crippen molar-refractivity contribution in [2.24, 2.45) is 0 Å². The monoisotopic (exact) mass is 161 g/mol. The molecule has 0 aliphatic rings. The molecule has 0 aromatic rings. The van der Waals surface area contributed by atoms with Crippen LogP contribution in [0.2, 0.25) is 0 Å². The van der Waals surface area contributed by atoms with Crippen molar-refractivity contribution in [2.75, 3.05) is 6.61 Å². The fraction of sp³-hybridized carbons (Fsp3) is 0.857. The van der Waals surface area contributed by atoms with Gasteiger partial charge in [-0.3, -0.25) is 0 Å². The van der Waals surface area contributed by atoms with Crippen molar-refractivity contribution in [1.82, 2.24) is 5.32 Å². The van der Waals surface area contributed by atoms with Crippen LogP contribution in [-0.2, 0) is 0 Å². The lowest BCUT2D eigenvalue weighted by molar-refractivity contribution is 0.132. The average molecular weight is 161 g/mol. The van der Waals surface area contributed by atoms with Crippen LogP contribution in [0.5, 0.6) is 0 Å². The zero-order chi connectivity index (χ0) is 8.91. The van der Waals surface area contributed by atoms with Gasteiger partial charge in [0.1, 0.15) is 0 Å². The fourth-order valence-corrected chi connectivity index (χ4v) is 0.917. The number of amides is 1. The second kappa shape index (κ2) is 4.18. The van der Waals surface area contributed by atoms with E-state index in [9.17, 15) is 4.79 Å². The molecule has 0 aliphatic carbocycles. The third-order valence-corrected chi connectivity index (χ3v) is 2.03. The molecular weight excluding hydrogens is 146 g/mol. The van der Waals surface area contributed by atoms with Crippen LogP contribution in [-0.4, -0.2) is 28.5 Å². The molecule has 0 spiro atoms. The summed E-state index contributed by atoms with van der Waals surface area (Å²) in [5.41, 5.74) is -0.647. The van der Waals surface area contributed by atoms with Gasteiger partial charge in [0.25, 0.3) is 0 Å². The van der Waals surface area contributed by atoms with Crippen LogP contribution in [0.15, 0.2) is 0 Å². The summed E-state index contributed by atoms with van der Waals surface area (Å²) < 4.78 is 0. The number of aliphatic hydroxyl groups excluding tert-OH is 1. The van der Waals surface area contributed by atoms with E-state index in [2.05, 4.69) is 5.32 Å². The molecule has 0 radical (unpaired) electrons. The first-order chi connectivity index (χ1) is 5.10. The highest BCUT2D eigenvalue weighted by Gasteiger charge is 2.26. The quantitative estimate of drug-likeness (QED) is 0.571. The van der Waals surface area contributed by atoms with E-state index < -0.39 is 11.6 Å². The minimum Gasteiger partial charge on any atom is -0.465 e. The predicted molar refractivity (Wildman–Crippen MR) is 41.6 cm³/mol. The van der Waals surface area contributed by atoms with Gasteiger partial charge in [-0.1, -0.05) is 13.8 Å². The number of nitrogens with one attached hydrogen (secondary N) is 1. The van der Waals surface area contributed by atoms with E-state index in [1.165, 1.54) is 0 Å². The number of hydrogen-bond donors (Lipinski definition) is 3. The van der Waals surface area contributed by atoms with Crippen molar-refractivity contribution in [1.29, 1.82) is 0 Å². The Balaban J connectivity index is 4.16. The Hall–Kier alpha value is -0.770. The summed E-state index contributed by atoms with van der Waals surface area (Å²) in [5, 5.41) is 19.6. The molecule has 0 aromatic heterocycles. The van der Waals surface area contributed by atoms with E-state index in [1.54, 1.807) is 0 Å². The molecule has 0 heterocycles. The van der Waals surface area contributed by atoms with Crippen LogP contribution >= 0.6 is 0 Å². The number of hydrogen-bond acceptors (Lipinski definition) is 2. The van der Waals surface area contributed by atoms with E-state index in [1.807, 2.05) is 13.8 Å². The molecule has 0 aliphatic heterocycles. The fourth-order valence-electron chi connectivity index (χ4n) is 0.917. The third kappa shape index (κ3) is 2.76. The van der Waals surface area contributed by atoms with Gasteiger partial charge in [-0.05, 0) is 12.8 Å². The van der Waals surface area contributed by atoms with Crippen LogP contribution in [0.25, 0.3) is 0 Å². The van der Waals surface area contributed by atoms with Gasteiger partial charge in [0, 0.05) is 0 Å². The number of carbonyl (C=O) groups is 1. The molecule has 1 amide bonds. The Kier molecular flexibility index (Phi) is 3.89. The molecule has 0 aromatic carbocycles. The summed E-state index contributed by atoms with van der Waals surface area (Å²) in [5.74, 6) is 0. The lowest BCUT2D eigenvalue weighted by atomic mass is 9.94. The van der Waals surface area contributed by atoms with E-state index in [-0.39, 0.29) is 6.61 Å². The first-order valence-electron chi connectivity index (χ1n) is 3.72. The molecule has 0 saturated carbocycles. The summed E-state index contributed by atoms with van der Waals surface area (Å²) in [6, 6.07) is 0. The van der Waals surface area contributed by atoms with E-state index in [4.69, 9.17) is 10.2 Å². The zero-order valence-electron chi connectivity index (χ0n) is 6.92. The van der Waals surface area contributed by atoms with E-state index in [0.29, 0.717) is 12.8 Å². The van der Waals surface area contributed by atoms with Crippen LogP contribution < -0.4 is 5.32 Å². The highest BCUT2D eigenvalue weighted by atomic mass is 16.4. The normalized spacial score (nSPS) is 11.2. The second-order valence-electron chi connectivity index (χ2n) is 2.58. The Bertz CT molecular complexity index is 123. The summed E-state index contributed by atoms with van der Waals surface area (Å²) >= 11 is 0. The summed E-state index contributed by atoms with van der Waals surface area (Å²) in [4.78, 5) is 10.3. The third-order valence-electron chi connectivity index (χ3n) is 2.03. The molecule has 66 valence electrons. The SMILES string of the molecule is CCC(CC)(CO)NC(=O)O. The minimum absolute atomic E-state index is 0.147. The summed E-state index contributed by atoms with van der Waals surface area (Å²) in [6.07, 6.45) is 0.126. The zero-order valence-corrected chi connectivity index (χ0v) is 6.92. The standard InChI is InChI=1S/C7H15NO3/c1-3-7(4-2,5-9)8-6(10)11/h8-9H,3-5H2,1-2H3,(H,10,11). The minimum atomic E-state index is -1.08. The van der Waals surface area contributed by atoms with Gasteiger partial charge in [0.2, 0.25) is 0 Å². The van der Waals surface area contributed by atoms with Crippen LogP contribution in [0, 0.1) is 0 Å². The van der Waals surface area contributed by atoms with Gasteiger partial charge in [-0.2, -0.15) is 0 Å². The Labute approximate surface area is 66.2 Å². The van der Waals surface area contributed by atoms with Crippen molar-refractivity contribution in [3.05, 3.63) is 0 Å². The van der Waals surface area contributed by atoms with Gasteiger partial charge < -0.3 is 15.5 Å². The highest BCUT2D eigenvalue weighted by molar-refractivity contribution is 5.65. The molecule has 11 heavy (non-hydrogen) atoms. The Morgan fingerprint density at radius 3 is 2.00 bits per heavy atom. The van der Waals surface area contributed by atoms with Gasteiger partial charge in [0.05, 0.1) is 12.1 Å². The lowest BCUT2D eigenvalue weighted by Gasteiger charge is -2.28. The molecule has 0 saturated heterocycles. The number of rotatable bonds is 4. The van der Waals surface area contributed by atoms with Crippen molar-refractivity contribution >= 4 is 6.09 Å². The first kappa shape index (κ1) is 10.2. The highest BCUT2D eigenvalue weighted by Crippen LogP contribution is 2.13. The molecule has 4 nitrogen and oxygen atoms in total. The van der Waals surface area contributed by atoms with Crippen LogP contribution in [0.4, 0.5) is 4.79 Å². The molecule has 3 N–H and O–H groups in total. The van der Waals surface area contributed by atoms with Crippen molar-refractivity contribution in [2.45, 2.75) is 32.2 Å². The Morgan fingerprint density at radius 1 is 1.45 bits per heavy atom. The van der Waals surface area contributed by atoms with Gasteiger partial charge in [0.15, 0.2) is 0 Å². The maximum absolute atomic E-state index is 10.3. The number of carboxylic acid groups (broad SMARTS) is 1. The Morgan fingerprint density at radius 2 is 1.91 bits per heavy atom. The van der Waals surface area contributed by atoms with Crippen LogP contribution in [0.1, 0.15) is 26.7 Å². The van der Waals surface area contributed by atoms with E-state index in [0.717, 1.165) is 0 Å². The molecule has 0 unspecified atom stereocenters. The predicted octanol–water partition coefficient (Wildman–Crippen LogP) is 0.805. The maximum Gasteiger partial charge on any atom is 0.405 e.